The van der Waals surface area contributed by atoms with E-state index in [1.54, 1.807) is 0 Å². The van der Waals surface area contributed by atoms with Gasteiger partial charge in [0.05, 0.1) is 12.1 Å². The normalized spacial score (nSPS) is 18.2. The number of pyridine rings is 1. The van der Waals surface area contributed by atoms with Crippen LogP contribution >= 0.6 is 0 Å². The number of imidazole rings is 1. The van der Waals surface area contributed by atoms with E-state index in [0.29, 0.717) is 12.5 Å². The van der Waals surface area contributed by atoms with Gasteiger partial charge in [-0.25, -0.2) is 4.98 Å². The van der Waals surface area contributed by atoms with E-state index in [9.17, 15) is 4.79 Å². The molecule has 5 heteroatoms. The zero-order valence-electron chi connectivity index (χ0n) is 12.5. The van der Waals surface area contributed by atoms with Crippen LogP contribution in [0.4, 0.5) is 0 Å². The van der Waals surface area contributed by atoms with Gasteiger partial charge in [0.2, 0.25) is 5.91 Å². The minimum absolute atomic E-state index is 0.189. The molecule has 3 rings (SSSR count). The number of rotatable bonds is 5. The van der Waals surface area contributed by atoms with E-state index >= 15 is 0 Å². The molecule has 112 valence electrons. The molecule has 1 N–H and O–H groups in total. The highest BCUT2D eigenvalue weighted by Gasteiger charge is 2.26. The number of carbonyl (C=O) groups is 1. The molecule has 0 aliphatic carbocycles. The van der Waals surface area contributed by atoms with E-state index in [-0.39, 0.29) is 5.91 Å². The van der Waals surface area contributed by atoms with Gasteiger partial charge >= 0.3 is 0 Å². The van der Waals surface area contributed by atoms with Crippen LogP contribution in [0.5, 0.6) is 0 Å². The maximum atomic E-state index is 12.6. The average Bonchev–Trinajstić information content (AvgIpc) is 3.13. The highest BCUT2D eigenvalue weighted by molar-refractivity contribution is 5.79. The Balaban J connectivity index is 1.73. The van der Waals surface area contributed by atoms with E-state index in [4.69, 9.17) is 0 Å². The van der Waals surface area contributed by atoms with Crippen LogP contribution in [0.3, 0.4) is 0 Å². The number of nitrogens with zero attached hydrogens (tertiary/aromatic N) is 3. The van der Waals surface area contributed by atoms with E-state index < -0.39 is 0 Å². The van der Waals surface area contributed by atoms with E-state index in [0.717, 1.165) is 43.8 Å². The molecular weight excluding hydrogens is 264 g/mol. The molecule has 1 fully saturated rings. The summed E-state index contributed by atoms with van der Waals surface area (Å²) in [6, 6.07) is 6.23. The first-order valence-electron chi connectivity index (χ1n) is 7.70. The molecule has 0 spiro atoms. The fourth-order valence-electron chi connectivity index (χ4n) is 2.99. The standard InChI is InChI=1S/C16H22N4O/c1-2-8-20(14-6-7-17-11-14)16(21)10-13-12-19-9-4-3-5-15(19)18-13/h3-5,9,12,14,17H,2,6-8,10-11H2,1H3. The summed E-state index contributed by atoms with van der Waals surface area (Å²) < 4.78 is 1.96. The van der Waals surface area contributed by atoms with Crippen LogP contribution in [0, 0.1) is 0 Å². The third-order valence-corrected chi connectivity index (χ3v) is 4.01. The summed E-state index contributed by atoms with van der Waals surface area (Å²) in [6.45, 7) is 4.87. The number of aromatic nitrogens is 2. The van der Waals surface area contributed by atoms with Gasteiger partial charge in [-0.2, -0.15) is 0 Å². The van der Waals surface area contributed by atoms with Crippen LogP contribution in [0.15, 0.2) is 30.6 Å². The highest BCUT2D eigenvalue weighted by Crippen LogP contribution is 2.13. The number of carbonyl (C=O) groups excluding carboxylic acids is 1. The zero-order valence-corrected chi connectivity index (χ0v) is 12.5. The van der Waals surface area contributed by atoms with Gasteiger partial charge < -0.3 is 14.6 Å². The fraction of sp³-hybridized carbons (Fsp3) is 0.500. The second kappa shape index (κ2) is 6.26. The Morgan fingerprint density at radius 2 is 2.43 bits per heavy atom. The van der Waals surface area contributed by atoms with Gasteiger partial charge in [0.25, 0.3) is 0 Å². The minimum atomic E-state index is 0.189. The Morgan fingerprint density at radius 3 is 3.14 bits per heavy atom. The SMILES string of the molecule is CCCN(C(=O)Cc1cn2ccccc2n1)C1CCNC1. The lowest BCUT2D eigenvalue weighted by Gasteiger charge is -2.28. The topological polar surface area (TPSA) is 49.6 Å². The van der Waals surface area contributed by atoms with Crippen molar-refractivity contribution < 1.29 is 4.79 Å². The second-order valence-electron chi connectivity index (χ2n) is 5.61. The molecular formula is C16H22N4O. The molecule has 0 bridgehead atoms. The third kappa shape index (κ3) is 3.08. The zero-order chi connectivity index (χ0) is 14.7. The van der Waals surface area contributed by atoms with Crippen molar-refractivity contribution in [1.82, 2.24) is 19.6 Å². The lowest BCUT2D eigenvalue weighted by Crippen LogP contribution is -2.42. The van der Waals surface area contributed by atoms with E-state index in [1.807, 2.05) is 39.9 Å². The summed E-state index contributed by atoms with van der Waals surface area (Å²) in [6.07, 6.45) is 6.34. The summed E-state index contributed by atoms with van der Waals surface area (Å²) in [4.78, 5) is 19.2. The van der Waals surface area contributed by atoms with Crippen molar-refractivity contribution in [2.75, 3.05) is 19.6 Å². The van der Waals surface area contributed by atoms with Crippen molar-refractivity contribution in [3.05, 3.63) is 36.3 Å². The Hall–Kier alpha value is -1.88. The molecule has 0 aromatic carbocycles. The van der Waals surface area contributed by atoms with Crippen molar-refractivity contribution in [3.63, 3.8) is 0 Å². The van der Waals surface area contributed by atoms with Gasteiger partial charge in [-0.05, 0) is 31.5 Å². The highest BCUT2D eigenvalue weighted by atomic mass is 16.2. The summed E-state index contributed by atoms with van der Waals surface area (Å²) in [5, 5.41) is 3.34. The Morgan fingerprint density at radius 1 is 1.52 bits per heavy atom. The summed E-state index contributed by atoms with van der Waals surface area (Å²) >= 11 is 0. The molecule has 1 aliphatic rings. The number of nitrogens with one attached hydrogen (secondary N) is 1. The molecule has 1 unspecified atom stereocenters. The summed E-state index contributed by atoms with van der Waals surface area (Å²) in [5.74, 6) is 0.189. The van der Waals surface area contributed by atoms with Crippen LogP contribution in [-0.4, -0.2) is 45.9 Å². The number of fused-ring (bicyclic) bond motifs is 1. The minimum Gasteiger partial charge on any atom is -0.338 e. The van der Waals surface area contributed by atoms with Gasteiger partial charge in [0.15, 0.2) is 0 Å². The van der Waals surface area contributed by atoms with Gasteiger partial charge in [0, 0.05) is 31.5 Å². The second-order valence-corrected chi connectivity index (χ2v) is 5.61. The van der Waals surface area contributed by atoms with Crippen LogP contribution in [0.1, 0.15) is 25.5 Å². The molecule has 2 aromatic heterocycles. The molecule has 5 nitrogen and oxygen atoms in total. The number of amides is 1. The Labute approximate surface area is 125 Å². The molecule has 1 aliphatic heterocycles. The van der Waals surface area contributed by atoms with Crippen molar-refractivity contribution in [2.24, 2.45) is 0 Å². The molecule has 0 saturated carbocycles. The van der Waals surface area contributed by atoms with Crippen LogP contribution in [-0.2, 0) is 11.2 Å². The number of hydrogen-bond acceptors (Lipinski definition) is 3. The molecule has 21 heavy (non-hydrogen) atoms. The van der Waals surface area contributed by atoms with Crippen molar-refractivity contribution >= 4 is 11.6 Å². The molecule has 0 radical (unpaired) electrons. The van der Waals surface area contributed by atoms with E-state index in [2.05, 4.69) is 17.2 Å². The Bertz CT molecular complexity index is 583. The lowest BCUT2D eigenvalue weighted by molar-refractivity contribution is -0.132. The van der Waals surface area contributed by atoms with Gasteiger partial charge in [-0.15, -0.1) is 0 Å². The largest absolute Gasteiger partial charge is 0.338 e. The van der Waals surface area contributed by atoms with Crippen LogP contribution in [0.2, 0.25) is 0 Å². The summed E-state index contributed by atoms with van der Waals surface area (Å²) in [7, 11) is 0. The van der Waals surface area contributed by atoms with Gasteiger partial charge in [-0.1, -0.05) is 13.0 Å². The first-order chi connectivity index (χ1) is 10.3. The predicted molar refractivity (Wildman–Crippen MR) is 82.2 cm³/mol. The molecule has 1 saturated heterocycles. The molecule has 1 atom stereocenters. The average molecular weight is 286 g/mol. The van der Waals surface area contributed by atoms with Crippen LogP contribution in [0.25, 0.3) is 5.65 Å². The maximum Gasteiger partial charge on any atom is 0.228 e. The van der Waals surface area contributed by atoms with Crippen molar-refractivity contribution in [3.8, 4) is 0 Å². The van der Waals surface area contributed by atoms with E-state index in [1.165, 1.54) is 0 Å². The third-order valence-electron chi connectivity index (χ3n) is 4.01. The van der Waals surface area contributed by atoms with Gasteiger partial charge in [0.1, 0.15) is 5.65 Å². The first kappa shape index (κ1) is 14.1. The Kier molecular flexibility index (Phi) is 4.20. The molecule has 3 heterocycles. The maximum absolute atomic E-state index is 12.6. The smallest absolute Gasteiger partial charge is 0.228 e. The molecule has 2 aromatic rings. The van der Waals surface area contributed by atoms with Crippen molar-refractivity contribution in [2.45, 2.75) is 32.2 Å². The quantitative estimate of drug-likeness (QED) is 0.905. The van der Waals surface area contributed by atoms with Crippen molar-refractivity contribution in [1.29, 1.82) is 0 Å². The molecule has 1 amide bonds. The monoisotopic (exact) mass is 286 g/mol. The predicted octanol–water partition coefficient (Wildman–Crippen LogP) is 1.48. The van der Waals surface area contributed by atoms with Gasteiger partial charge in [-0.3, -0.25) is 4.79 Å². The van der Waals surface area contributed by atoms with Crippen LogP contribution < -0.4 is 5.32 Å². The first-order valence-corrected chi connectivity index (χ1v) is 7.70. The number of hydrogen-bond donors (Lipinski definition) is 1. The summed E-state index contributed by atoms with van der Waals surface area (Å²) in [5.41, 5.74) is 1.74. The lowest BCUT2D eigenvalue weighted by atomic mass is 10.2. The fourth-order valence-corrected chi connectivity index (χ4v) is 2.99.